The molecule has 1 fully saturated rings. The highest BCUT2D eigenvalue weighted by molar-refractivity contribution is 5.95. The third-order valence-corrected chi connectivity index (χ3v) is 5.17. The van der Waals surface area contributed by atoms with Gasteiger partial charge in [-0.3, -0.25) is 9.69 Å². The van der Waals surface area contributed by atoms with Gasteiger partial charge in [0.1, 0.15) is 0 Å². The van der Waals surface area contributed by atoms with Crippen molar-refractivity contribution in [2.75, 3.05) is 25.0 Å². The lowest BCUT2D eigenvalue weighted by Gasteiger charge is -2.33. The van der Waals surface area contributed by atoms with E-state index in [0.29, 0.717) is 0 Å². The van der Waals surface area contributed by atoms with Gasteiger partial charge in [0.25, 0.3) is 5.91 Å². The predicted molar refractivity (Wildman–Crippen MR) is 115 cm³/mol. The number of anilines is 1. The summed E-state index contributed by atoms with van der Waals surface area (Å²) in [5.74, 6) is 0.0567. The standard InChI is InChI=1S/C21H25N3O.2ClH/c25-21(18-8-9-20-17(13-18)10-11-22-20)23-19-7-4-12-24(15-19)14-16-5-2-1-3-6-16;;/h1-3,5-6,8-9,13,19,22H,4,7,10-12,14-15H2,(H,23,25);2*1H. The fourth-order valence-electron chi connectivity index (χ4n) is 3.87. The van der Waals surface area contributed by atoms with Gasteiger partial charge in [-0.1, -0.05) is 30.3 Å². The van der Waals surface area contributed by atoms with Gasteiger partial charge >= 0.3 is 0 Å². The van der Waals surface area contributed by atoms with Gasteiger partial charge in [-0.25, -0.2) is 0 Å². The minimum Gasteiger partial charge on any atom is -0.384 e. The molecular weight excluding hydrogens is 381 g/mol. The van der Waals surface area contributed by atoms with Crippen LogP contribution >= 0.6 is 24.8 Å². The lowest BCUT2D eigenvalue weighted by Crippen LogP contribution is -2.47. The molecule has 2 aliphatic heterocycles. The number of carbonyl (C=O) groups excluding carboxylic acids is 1. The number of rotatable bonds is 4. The molecule has 2 N–H and O–H groups in total. The number of fused-ring (bicyclic) bond motifs is 1. The second kappa shape index (κ2) is 9.98. The predicted octanol–water partition coefficient (Wildman–Crippen LogP) is 3.89. The summed E-state index contributed by atoms with van der Waals surface area (Å²) in [5, 5.41) is 6.58. The molecule has 2 aromatic rings. The van der Waals surface area contributed by atoms with Gasteiger partial charge in [-0.2, -0.15) is 0 Å². The van der Waals surface area contributed by atoms with Crippen molar-refractivity contribution < 1.29 is 4.79 Å². The van der Waals surface area contributed by atoms with E-state index >= 15 is 0 Å². The van der Waals surface area contributed by atoms with Crippen LogP contribution in [0.5, 0.6) is 0 Å². The molecule has 4 nitrogen and oxygen atoms in total. The summed E-state index contributed by atoms with van der Waals surface area (Å²) < 4.78 is 0. The SMILES string of the molecule is Cl.Cl.O=C(NC1CCCN(Cc2ccccc2)C1)c1ccc2c(c1)CCN2. The number of likely N-dealkylation sites (tertiary alicyclic amines) is 1. The second-order valence-electron chi connectivity index (χ2n) is 7.08. The number of hydrogen-bond donors (Lipinski definition) is 2. The molecule has 4 rings (SSSR count). The van der Waals surface area contributed by atoms with Crippen LogP contribution in [-0.4, -0.2) is 36.5 Å². The maximum atomic E-state index is 12.6. The van der Waals surface area contributed by atoms with Crippen LogP contribution < -0.4 is 10.6 Å². The summed E-state index contributed by atoms with van der Waals surface area (Å²) in [6.45, 7) is 3.95. The van der Waals surface area contributed by atoms with Crippen LogP contribution in [0.1, 0.15) is 34.3 Å². The molecule has 1 saturated heterocycles. The van der Waals surface area contributed by atoms with E-state index in [9.17, 15) is 4.79 Å². The molecule has 2 heterocycles. The molecule has 146 valence electrons. The Labute approximate surface area is 173 Å². The van der Waals surface area contributed by atoms with Crippen LogP contribution in [-0.2, 0) is 13.0 Å². The van der Waals surface area contributed by atoms with Crippen LogP contribution in [0.15, 0.2) is 48.5 Å². The van der Waals surface area contributed by atoms with Crippen molar-refractivity contribution in [2.24, 2.45) is 0 Å². The van der Waals surface area contributed by atoms with Gasteiger partial charge in [0.15, 0.2) is 0 Å². The first kappa shape index (κ1) is 21.5. The maximum absolute atomic E-state index is 12.6. The topological polar surface area (TPSA) is 44.4 Å². The molecule has 0 radical (unpaired) electrons. The molecule has 1 atom stereocenters. The average molecular weight is 408 g/mol. The summed E-state index contributed by atoms with van der Waals surface area (Å²) in [5.41, 5.74) is 4.54. The number of benzene rings is 2. The van der Waals surface area contributed by atoms with Crippen molar-refractivity contribution in [2.45, 2.75) is 31.8 Å². The Bertz CT molecular complexity index is 754. The largest absolute Gasteiger partial charge is 0.384 e. The van der Waals surface area contributed by atoms with Gasteiger partial charge in [-0.15, -0.1) is 24.8 Å². The van der Waals surface area contributed by atoms with E-state index in [1.807, 2.05) is 18.2 Å². The third-order valence-electron chi connectivity index (χ3n) is 5.17. The number of hydrogen-bond acceptors (Lipinski definition) is 3. The Morgan fingerprint density at radius 3 is 2.78 bits per heavy atom. The van der Waals surface area contributed by atoms with E-state index in [1.165, 1.54) is 16.8 Å². The highest BCUT2D eigenvalue weighted by atomic mass is 35.5. The van der Waals surface area contributed by atoms with Gasteiger partial charge in [0.05, 0.1) is 0 Å². The van der Waals surface area contributed by atoms with Crippen LogP contribution in [0, 0.1) is 0 Å². The van der Waals surface area contributed by atoms with Crippen LogP contribution in [0.4, 0.5) is 5.69 Å². The molecule has 0 aromatic heterocycles. The molecule has 27 heavy (non-hydrogen) atoms. The lowest BCUT2D eigenvalue weighted by atomic mass is 10.0. The second-order valence-corrected chi connectivity index (χ2v) is 7.08. The van der Waals surface area contributed by atoms with Crippen LogP contribution in [0.25, 0.3) is 0 Å². The van der Waals surface area contributed by atoms with E-state index in [0.717, 1.165) is 51.0 Å². The van der Waals surface area contributed by atoms with Crippen molar-refractivity contribution in [3.05, 3.63) is 65.2 Å². The van der Waals surface area contributed by atoms with E-state index in [2.05, 4.69) is 45.9 Å². The highest BCUT2D eigenvalue weighted by Crippen LogP contribution is 2.23. The molecule has 6 heteroatoms. The Morgan fingerprint density at radius 2 is 1.96 bits per heavy atom. The van der Waals surface area contributed by atoms with Gasteiger partial charge in [-0.05, 0) is 55.1 Å². The fraction of sp³-hybridized carbons (Fsp3) is 0.381. The summed E-state index contributed by atoms with van der Waals surface area (Å²) in [6.07, 6.45) is 3.19. The molecule has 0 bridgehead atoms. The number of halogens is 2. The normalized spacial score (nSPS) is 18.4. The minimum absolute atomic E-state index is 0. The quantitative estimate of drug-likeness (QED) is 0.807. The maximum Gasteiger partial charge on any atom is 0.251 e. The summed E-state index contributed by atoms with van der Waals surface area (Å²) in [7, 11) is 0. The van der Waals surface area contributed by atoms with Gasteiger partial charge < -0.3 is 10.6 Å². The smallest absolute Gasteiger partial charge is 0.251 e. The first-order chi connectivity index (χ1) is 12.3. The van der Waals surface area contributed by atoms with Crippen molar-refractivity contribution in [3.8, 4) is 0 Å². The Hall–Kier alpha value is -1.75. The molecule has 0 saturated carbocycles. The molecule has 1 amide bonds. The monoisotopic (exact) mass is 407 g/mol. The number of amides is 1. The van der Waals surface area contributed by atoms with Crippen LogP contribution in [0.3, 0.4) is 0 Å². The molecule has 0 aliphatic carbocycles. The molecule has 2 aliphatic rings. The Kier molecular flexibility index (Phi) is 7.96. The summed E-state index contributed by atoms with van der Waals surface area (Å²) >= 11 is 0. The van der Waals surface area contributed by atoms with Gasteiger partial charge in [0, 0.05) is 36.9 Å². The Balaban J connectivity index is 0.00000131. The summed E-state index contributed by atoms with van der Waals surface area (Å²) in [4.78, 5) is 15.1. The van der Waals surface area contributed by atoms with Gasteiger partial charge in [0.2, 0.25) is 0 Å². The average Bonchev–Trinajstić information content (AvgIpc) is 3.10. The fourth-order valence-corrected chi connectivity index (χ4v) is 3.87. The summed E-state index contributed by atoms with van der Waals surface area (Å²) in [6, 6.07) is 16.8. The zero-order chi connectivity index (χ0) is 17.1. The molecular formula is C21H27Cl2N3O. The number of nitrogens with one attached hydrogen (secondary N) is 2. The number of piperidine rings is 1. The van der Waals surface area contributed by atoms with Crippen molar-refractivity contribution in [1.29, 1.82) is 0 Å². The third kappa shape index (κ3) is 5.38. The zero-order valence-corrected chi connectivity index (χ0v) is 17.0. The Morgan fingerprint density at radius 1 is 1.15 bits per heavy atom. The first-order valence-electron chi connectivity index (χ1n) is 9.22. The molecule has 2 aromatic carbocycles. The van der Waals surface area contributed by atoms with Crippen molar-refractivity contribution in [1.82, 2.24) is 10.2 Å². The molecule has 0 spiro atoms. The number of carbonyl (C=O) groups is 1. The number of nitrogens with zero attached hydrogens (tertiary/aromatic N) is 1. The zero-order valence-electron chi connectivity index (χ0n) is 15.3. The lowest BCUT2D eigenvalue weighted by molar-refractivity contribution is 0.0900. The first-order valence-corrected chi connectivity index (χ1v) is 9.22. The highest BCUT2D eigenvalue weighted by Gasteiger charge is 2.22. The van der Waals surface area contributed by atoms with E-state index in [1.54, 1.807) is 0 Å². The van der Waals surface area contributed by atoms with Crippen LogP contribution in [0.2, 0.25) is 0 Å². The molecule has 1 unspecified atom stereocenters. The van der Waals surface area contributed by atoms with E-state index in [-0.39, 0.29) is 36.8 Å². The van der Waals surface area contributed by atoms with Crippen molar-refractivity contribution in [3.63, 3.8) is 0 Å². The van der Waals surface area contributed by atoms with Crippen molar-refractivity contribution >= 4 is 36.4 Å². The minimum atomic E-state index is 0. The van der Waals surface area contributed by atoms with E-state index in [4.69, 9.17) is 0 Å². The van der Waals surface area contributed by atoms with E-state index < -0.39 is 0 Å².